The van der Waals surface area contributed by atoms with Crippen LogP contribution in [0.3, 0.4) is 0 Å². The first kappa shape index (κ1) is 16.0. The minimum absolute atomic E-state index is 0.0775. The molecule has 0 bridgehead atoms. The minimum Gasteiger partial charge on any atom is -0.506 e. The van der Waals surface area contributed by atoms with E-state index in [1.54, 1.807) is 6.07 Å². The summed E-state index contributed by atoms with van der Waals surface area (Å²) in [6.07, 6.45) is 1.39. The molecule has 0 aliphatic heterocycles. The maximum absolute atomic E-state index is 9.72. The van der Waals surface area contributed by atoms with E-state index in [0.717, 1.165) is 0 Å². The number of thiocarbonyl (C=S) groups is 1. The Labute approximate surface area is 127 Å². The lowest BCUT2D eigenvalue weighted by Crippen LogP contribution is -2.44. The number of hydrogen-bond donors (Lipinski definition) is 3. The van der Waals surface area contributed by atoms with Crippen molar-refractivity contribution in [2.75, 3.05) is 0 Å². The molecule has 0 heterocycles. The average molecular weight is 320 g/mol. The smallest absolute Gasteiger partial charge is 0.187 e. The van der Waals surface area contributed by atoms with Crippen molar-refractivity contribution in [3.63, 3.8) is 0 Å². The van der Waals surface area contributed by atoms with Gasteiger partial charge in [-0.2, -0.15) is 5.10 Å². The molecule has 0 saturated carbocycles. The van der Waals surface area contributed by atoms with Crippen LogP contribution in [-0.4, -0.2) is 22.0 Å². The monoisotopic (exact) mass is 319 g/mol. The van der Waals surface area contributed by atoms with Crippen LogP contribution >= 0.6 is 35.4 Å². The van der Waals surface area contributed by atoms with E-state index in [0.29, 0.717) is 15.7 Å². The fraction of sp³-hybridized carbons (Fsp3) is 0.333. The summed E-state index contributed by atoms with van der Waals surface area (Å²) < 4.78 is 0. The molecule has 4 nitrogen and oxygen atoms in total. The van der Waals surface area contributed by atoms with Crippen LogP contribution in [0.15, 0.2) is 17.2 Å². The van der Waals surface area contributed by atoms with Gasteiger partial charge in [-0.25, -0.2) is 0 Å². The lowest BCUT2D eigenvalue weighted by Gasteiger charge is -2.21. The molecule has 1 aromatic rings. The number of benzene rings is 1. The van der Waals surface area contributed by atoms with Gasteiger partial charge in [-0.05, 0) is 45.1 Å². The molecule has 0 aliphatic rings. The second-order valence-electron chi connectivity index (χ2n) is 4.90. The summed E-state index contributed by atoms with van der Waals surface area (Å²) >= 11 is 16.7. The highest BCUT2D eigenvalue weighted by Crippen LogP contribution is 2.29. The zero-order valence-corrected chi connectivity index (χ0v) is 13.1. The molecule has 0 unspecified atom stereocenters. The van der Waals surface area contributed by atoms with E-state index in [4.69, 9.17) is 35.4 Å². The molecule has 0 spiro atoms. The van der Waals surface area contributed by atoms with Gasteiger partial charge in [0.1, 0.15) is 5.75 Å². The maximum atomic E-state index is 9.72. The zero-order chi connectivity index (χ0) is 14.6. The first-order valence-electron chi connectivity index (χ1n) is 5.48. The number of hydrogen-bond acceptors (Lipinski definition) is 3. The molecule has 104 valence electrons. The van der Waals surface area contributed by atoms with Crippen LogP contribution in [0.4, 0.5) is 0 Å². The van der Waals surface area contributed by atoms with E-state index in [2.05, 4.69) is 15.8 Å². The van der Waals surface area contributed by atoms with E-state index < -0.39 is 0 Å². The Bertz CT molecular complexity index is 512. The first-order chi connectivity index (χ1) is 8.69. The molecule has 1 rings (SSSR count). The summed E-state index contributed by atoms with van der Waals surface area (Å²) in [5, 5.41) is 17.6. The van der Waals surface area contributed by atoms with Crippen LogP contribution in [0, 0.1) is 0 Å². The Morgan fingerprint density at radius 2 is 2.00 bits per heavy atom. The summed E-state index contributed by atoms with van der Waals surface area (Å²) in [6, 6.07) is 3.00. The van der Waals surface area contributed by atoms with Gasteiger partial charge in [-0.15, -0.1) is 0 Å². The van der Waals surface area contributed by atoms with Crippen molar-refractivity contribution < 1.29 is 5.11 Å². The van der Waals surface area contributed by atoms with Crippen molar-refractivity contribution in [2.45, 2.75) is 26.3 Å². The van der Waals surface area contributed by atoms with Crippen molar-refractivity contribution in [1.82, 2.24) is 10.7 Å². The van der Waals surface area contributed by atoms with Gasteiger partial charge in [0.25, 0.3) is 0 Å². The summed E-state index contributed by atoms with van der Waals surface area (Å²) in [5.74, 6) is -0.0775. The molecule has 7 heteroatoms. The van der Waals surface area contributed by atoms with Crippen LogP contribution in [0.2, 0.25) is 10.0 Å². The van der Waals surface area contributed by atoms with Crippen molar-refractivity contribution in [3.05, 3.63) is 27.7 Å². The summed E-state index contributed by atoms with van der Waals surface area (Å²) in [6.45, 7) is 5.94. The highest BCUT2D eigenvalue weighted by Gasteiger charge is 2.10. The Morgan fingerprint density at radius 3 is 2.58 bits per heavy atom. The quantitative estimate of drug-likeness (QED) is 0.445. The standard InChI is InChI=1S/C12H15Cl2N3OS/c1-12(2,3)16-11(19)17-15-6-7-4-8(13)5-9(14)10(7)18/h4-6,18H,1-3H3,(H2,16,17,19). The van der Waals surface area contributed by atoms with Crippen LogP contribution in [0.25, 0.3) is 0 Å². The number of halogens is 2. The number of nitrogens with zero attached hydrogens (tertiary/aromatic N) is 1. The second-order valence-corrected chi connectivity index (χ2v) is 6.15. The summed E-state index contributed by atoms with van der Waals surface area (Å²) in [7, 11) is 0. The van der Waals surface area contributed by atoms with E-state index in [1.807, 2.05) is 20.8 Å². The average Bonchev–Trinajstić information content (AvgIpc) is 2.22. The molecule has 0 amide bonds. The highest BCUT2D eigenvalue weighted by atomic mass is 35.5. The van der Waals surface area contributed by atoms with Gasteiger partial charge in [-0.3, -0.25) is 5.43 Å². The number of hydrazone groups is 1. The van der Waals surface area contributed by atoms with Crippen LogP contribution < -0.4 is 10.7 Å². The highest BCUT2D eigenvalue weighted by molar-refractivity contribution is 7.80. The largest absolute Gasteiger partial charge is 0.506 e. The van der Waals surface area contributed by atoms with E-state index in [-0.39, 0.29) is 16.3 Å². The normalized spacial score (nSPS) is 11.6. The van der Waals surface area contributed by atoms with Gasteiger partial charge >= 0.3 is 0 Å². The first-order valence-corrected chi connectivity index (χ1v) is 6.65. The molecule has 0 saturated heterocycles. The molecule has 19 heavy (non-hydrogen) atoms. The lowest BCUT2D eigenvalue weighted by atomic mass is 10.1. The molecule has 0 aliphatic carbocycles. The molecule has 3 N–H and O–H groups in total. The van der Waals surface area contributed by atoms with Crippen molar-refractivity contribution in [3.8, 4) is 5.75 Å². The summed E-state index contributed by atoms with van der Waals surface area (Å²) in [5.41, 5.74) is 2.90. The lowest BCUT2D eigenvalue weighted by molar-refractivity contribution is 0.474. The predicted octanol–water partition coefficient (Wildman–Crippen LogP) is 3.30. The molecule has 0 fully saturated rings. The molecular formula is C12H15Cl2N3OS. The number of phenolic OH excluding ortho intramolecular Hbond substituents is 1. The topological polar surface area (TPSA) is 56.7 Å². The van der Waals surface area contributed by atoms with Gasteiger partial charge in [0, 0.05) is 16.1 Å². The summed E-state index contributed by atoms with van der Waals surface area (Å²) in [4.78, 5) is 0. The Kier molecular flexibility index (Phi) is 5.40. The van der Waals surface area contributed by atoms with Crippen LogP contribution in [0.5, 0.6) is 5.75 Å². The van der Waals surface area contributed by atoms with Crippen molar-refractivity contribution in [2.24, 2.45) is 5.10 Å². The third kappa shape index (κ3) is 5.63. The maximum Gasteiger partial charge on any atom is 0.187 e. The third-order valence-electron chi connectivity index (χ3n) is 1.92. The Balaban J connectivity index is 2.71. The Hall–Kier alpha value is -1.04. The fourth-order valence-corrected chi connectivity index (χ4v) is 2.08. The minimum atomic E-state index is -0.152. The molecule has 0 aromatic heterocycles. The molecule has 0 atom stereocenters. The van der Waals surface area contributed by atoms with E-state index in [1.165, 1.54) is 12.3 Å². The van der Waals surface area contributed by atoms with Crippen molar-refractivity contribution in [1.29, 1.82) is 0 Å². The van der Waals surface area contributed by atoms with Crippen molar-refractivity contribution >= 4 is 46.7 Å². The molecule has 1 aromatic carbocycles. The molecule has 0 radical (unpaired) electrons. The number of phenols is 1. The number of nitrogens with one attached hydrogen (secondary N) is 2. The molecular weight excluding hydrogens is 305 g/mol. The van der Waals surface area contributed by atoms with Gasteiger partial charge in [0.05, 0.1) is 11.2 Å². The fourth-order valence-electron chi connectivity index (χ4n) is 1.21. The van der Waals surface area contributed by atoms with Crippen LogP contribution in [0.1, 0.15) is 26.3 Å². The van der Waals surface area contributed by atoms with Gasteiger partial charge in [-0.1, -0.05) is 23.2 Å². The number of rotatable bonds is 2. The number of aromatic hydroxyl groups is 1. The van der Waals surface area contributed by atoms with Gasteiger partial charge in [0.15, 0.2) is 5.11 Å². The Morgan fingerprint density at radius 1 is 1.37 bits per heavy atom. The van der Waals surface area contributed by atoms with Gasteiger partial charge in [0.2, 0.25) is 0 Å². The SMILES string of the molecule is CC(C)(C)NC(=S)NN=Cc1cc(Cl)cc(Cl)c1O. The zero-order valence-electron chi connectivity index (χ0n) is 10.8. The predicted molar refractivity (Wildman–Crippen MR) is 84.3 cm³/mol. The third-order valence-corrected chi connectivity index (χ3v) is 2.62. The van der Waals surface area contributed by atoms with Crippen LogP contribution in [-0.2, 0) is 0 Å². The second kappa shape index (κ2) is 6.41. The van der Waals surface area contributed by atoms with Gasteiger partial charge < -0.3 is 10.4 Å². The van der Waals surface area contributed by atoms with E-state index >= 15 is 0 Å². The van der Waals surface area contributed by atoms with E-state index in [9.17, 15) is 5.11 Å².